The van der Waals surface area contributed by atoms with Crippen LogP contribution in [0.25, 0.3) is 0 Å². The van der Waals surface area contributed by atoms with Crippen molar-refractivity contribution in [2.45, 2.75) is 5.92 Å². The molecule has 0 spiro atoms. The zero-order valence-corrected chi connectivity index (χ0v) is 5.12. The number of alkyl halides is 2. The van der Waals surface area contributed by atoms with Gasteiger partial charge in [-0.05, 0) is 0 Å². The second kappa shape index (κ2) is 2.28. The van der Waals surface area contributed by atoms with Crippen molar-refractivity contribution in [3.05, 3.63) is 0 Å². The first-order chi connectivity index (χ1) is 4.10. The van der Waals surface area contributed by atoms with E-state index in [-0.39, 0.29) is 0 Å². The molecule has 1 aliphatic rings. The largest absolute Gasteiger partial charge is 0.305 e. The molecule has 3 nitrogen and oxygen atoms in total. The Balaban J connectivity index is 2.44. The fourth-order valence-corrected chi connectivity index (χ4v) is 0.950. The fourth-order valence-electron chi connectivity index (χ4n) is 0.344. The molecule has 0 aromatic rings. The summed E-state index contributed by atoms with van der Waals surface area (Å²) in [4.78, 5) is 0. The number of hydrogen-bond acceptors (Lipinski definition) is 3. The molecule has 0 unspecified atom stereocenters. The molecule has 0 N–H and O–H groups in total. The standard InChI is InChI=1S/C3H4F2O3S/c4-3(5)1-7-9(6)8-2-3/h1-2H2. The molecule has 0 amide bonds. The summed E-state index contributed by atoms with van der Waals surface area (Å²) in [7, 11) is 0. The maximum atomic E-state index is 12.0. The zero-order valence-electron chi connectivity index (χ0n) is 4.30. The Labute approximate surface area is 52.8 Å². The van der Waals surface area contributed by atoms with Crippen molar-refractivity contribution in [3.63, 3.8) is 0 Å². The number of halogens is 2. The van der Waals surface area contributed by atoms with Gasteiger partial charge in [0.25, 0.3) is 5.92 Å². The van der Waals surface area contributed by atoms with E-state index >= 15 is 0 Å². The third kappa shape index (κ3) is 1.96. The van der Waals surface area contributed by atoms with E-state index in [1.54, 1.807) is 0 Å². The Morgan fingerprint density at radius 2 is 1.78 bits per heavy atom. The molecule has 6 heteroatoms. The predicted octanol–water partition coefficient (Wildman–Crippen LogP) is 0.247. The van der Waals surface area contributed by atoms with Crippen molar-refractivity contribution in [1.29, 1.82) is 0 Å². The lowest BCUT2D eigenvalue weighted by molar-refractivity contribution is -0.0931. The van der Waals surface area contributed by atoms with Gasteiger partial charge in [-0.15, -0.1) is 0 Å². The summed E-state index contributed by atoms with van der Waals surface area (Å²) >= 11 is -1.97. The van der Waals surface area contributed by atoms with Crippen molar-refractivity contribution in [1.82, 2.24) is 0 Å². The van der Waals surface area contributed by atoms with Gasteiger partial charge in [-0.3, -0.25) is 8.37 Å². The van der Waals surface area contributed by atoms with Gasteiger partial charge in [0.05, 0.1) is 0 Å². The summed E-state index contributed by atoms with van der Waals surface area (Å²) in [5, 5.41) is 0. The first-order valence-corrected chi connectivity index (χ1v) is 3.16. The molecule has 1 rings (SSSR count). The highest BCUT2D eigenvalue weighted by atomic mass is 32.2. The first-order valence-electron chi connectivity index (χ1n) is 2.16. The molecule has 0 aliphatic carbocycles. The van der Waals surface area contributed by atoms with Gasteiger partial charge < -0.3 is 0 Å². The van der Waals surface area contributed by atoms with Crippen molar-refractivity contribution < 1.29 is 21.4 Å². The molecule has 0 atom stereocenters. The summed E-state index contributed by atoms with van der Waals surface area (Å²) in [6.07, 6.45) is 0. The van der Waals surface area contributed by atoms with Crippen LogP contribution in [0.4, 0.5) is 8.78 Å². The van der Waals surface area contributed by atoms with Crippen LogP contribution < -0.4 is 0 Å². The normalized spacial score (nSPS) is 28.2. The quantitative estimate of drug-likeness (QED) is 0.506. The van der Waals surface area contributed by atoms with E-state index in [1.165, 1.54) is 0 Å². The third-order valence-electron chi connectivity index (χ3n) is 0.733. The molecule has 0 radical (unpaired) electrons. The van der Waals surface area contributed by atoms with Crippen LogP contribution in [0.5, 0.6) is 0 Å². The summed E-state index contributed by atoms with van der Waals surface area (Å²) in [5.74, 6) is -2.98. The maximum absolute atomic E-state index is 12.0. The highest BCUT2D eigenvalue weighted by Crippen LogP contribution is 2.19. The minimum atomic E-state index is -2.98. The lowest BCUT2D eigenvalue weighted by Crippen LogP contribution is -2.35. The minimum Gasteiger partial charge on any atom is -0.262 e. The van der Waals surface area contributed by atoms with Gasteiger partial charge in [-0.2, -0.15) is 4.21 Å². The molecule has 0 aromatic heterocycles. The highest BCUT2D eigenvalue weighted by molar-refractivity contribution is 7.75. The van der Waals surface area contributed by atoms with Crippen LogP contribution in [0, 0.1) is 0 Å². The molecule has 54 valence electrons. The molecule has 0 bridgehead atoms. The lowest BCUT2D eigenvalue weighted by Gasteiger charge is -2.19. The summed E-state index contributed by atoms with van der Waals surface area (Å²) in [6, 6.07) is 0. The maximum Gasteiger partial charge on any atom is 0.305 e. The number of rotatable bonds is 0. The van der Waals surface area contributed by atoms with E-state index in [1.807, 2.05) is 0 Å². The van der Waals surface area contributed by atoms with E-state index in [0.29, 0.717) is 0 Å². The van der Waals surface area contributed by atoms with Crippen LogP contribution >= 0.6 is 0 Å². The van der Waals surface area contributed by atoms with E-state index in [0.717, 1.165) is 0 Å². The second-order valence-electron chi connectivity index (χ2n) is 1.58. The molecule has 0 saturated carbocycles. The minimum absolute atomic E-state index is 0.820. The van der Waals surface area contributed by atoms with E-state index in [2.05, 4.69) is 8.37 Å². The molecule has 1 saturated heterocycles. The van der Waals surface area contributed by atoms with Gasteiger partial charge in [0.2, 0.25) is 0 Å². The smallest absolute Gasteiger partial charge is 0.262 e. The van der Waals surface area contributed by atoms with Gasteiger partial charge in [0.1, 0.15) is 13.2 Å². The SMILES string of the molecule is O=S1OCC(F)(F)CO1. The van der Waals surface area contributed by atoms with E-state index in [4.69, 9.17) is 0 Å². The Morgan fingerprint density at radius 1 is 1.33 bits per heavy atom. The van der Waals surface area contributed by atoms with E-state index < -0.39 is 30.5 Å². The van der Waals surface area contributed by atoms with Crippen LogP contribution in [-0.2, 0) is 19.7 Å². The molecule has 1 heterocycles. The van der Waals surface area contributed by atoms with Crippen LogP contribution in [0.1, 0.15) is 0 Å². The molecular weight excluding hydrogens is 154 g/mol. The van der Waals surface area contributed by atoms with Gasteiger partial charge in [0, 0.05) is 0 Å². The summed E-state index contributed by atoms with van der Waals surface area (Å²) in [5.41, 5.74) is 0. The average molecular weight is 158 g/mol. The third-order valence-corrected chi connectivity index (χ3v) is 1.35. The van der Waals surface area contributed by atoms with Crippen LogP contribution in [-0.4, -0.2) is 23.3 Å². The molecule has 1 fully saturated rings. The molecular formula is C3H4F2O3S. The molecule has 0 aromatic carbocycles. The average Bonchev–Trinajstić information content (AvgIpc) is 1.78. The summed E-state index contributed by atoms with van der Waals surface area (Å²) in [6.45, 7) is -1.64. The Hall–Kier alpha value is -0.0700. The van der Waals surface area contributed by atoms with Crippen molar-refractivity contribution in [2.75, 3.05) is 13.2 Å². The van der Waals surface area contributed by atoms with Crippen LogP contribution in [0.15, 0.2) is 0 Å². The van der Waals surface area contributed by atoms with E-state index in [9.17, 15) is 13.0 Å². The first kappa shape index (κ1) is 7.04. The monoisotopic (exact) mass is 158 g/mol. The van der Waals surface area contributed by atoms with Crippen LogP contribution in [0.3, 0.4) is 0 Å². The Bertz CT molecular complexity index is 125. The van der Waals surface area contributed by atoms with Crippen molar-refractivity contribution in [2.24, 2.45) is 0 Å². The Kier molecular flexibility index (Phi) is 1.78. The van der Waals surface area contributed by atoms with Gasteiger partial charge >= 0.3 is 11.4 Å². The number of hydrogen-bond donors (Lipinski definition) is 0. The van der Waals surface area contributed by atoms with Gasteiger partial charge in [-0.25, -0.2) is 8.78 Å². The molecule has 9 heavy (non-hydrogen) atoms. The summed E-state index contributed by atoms with van der Waals surface area (Å²) < 4.78 is 42.1. The van der Waals surface area contributed by atoms with Crippen LogP contribution in [0.2, 0.25) is 0 Å². The highest BCUT2D eigenvalue weighted by Gasteiger charge is 2.36. The van der Waals surface area contributed by atoms with Gasteiger partial charge in [-0.1, -0.05) is 0 Å². The lowest BCUT2D eigenvalue weighted by atomic mass is 10.4. The fraction of sp³-hybridized carbons (Fsp3) is 1.00. The zero-order chi connectivity index (χ0) is 6.91. The Morgan fingerprint density at radius 3 is 2.11 bits per heavy atom. The van der Waals surface area contributed by atoms with Crippen molar-refractivity contribution in [3.8, 4) is 0 Å². The topological polar surface area (TPSA) is 35.5 Å². The van der Waals surface area contributed by atoms with Gasteiger partial charge in [0.15, 0.2) is 0 Å². The van der Waals surface area contributed by atoms with Crippen molar-refractivity contribution >= 4 is 11.4 Å². The second-order valence-corrected chi connectivity index (χ2v) is 2.46. The molecule has 1 aliphatic heterocycles. The predicted molar refractivity (Wildman–Crippen MR) is 25.0 cm³/mol.